The average Bonchev–Trinajstić information content (AvgIpc) is 2.46. The van der Waals surface area contributed by atoms with Crippen molar-refractivity contribution in [3.8, 4) is 11.5 Å². The summed E-state index contributed by atoms with van der Waals surface area (Å²) in [4.78, 5) is 0. The monoisotopic (exact) mass is 298 g/mol. The molecule has 1 aliphatic carbocycles. The van der Waals surface area contributed by atoms with Gasteiger partial charge in [-0.25, -0.2) is 0 Å². The third-order valence-electron chi connectivity index (χ3n) is 3.28. The molecule has 1 saturated carbocycles. The minimum atomic E-state index is 0.00707. The molecule has 1 fully saturated rings. The van der Waals surface area contributed by atoms with Crippen molar-refractivity contribution in [1.29, 1.82) is 0 Å². The molecule has 112 valence electrons. The lowest BCUT2D eigenvalue weighted by atomic mass is 9.91. The zero-order chi connectivity index (χ0) is 14.4. The molecule has 20 heavy (non-hydrogen) atoms. The Hall–Kier alpha value is -0.930. The summed E-state index contributed by atoms with van der Waals surface area (Å²) in [6, 6.07) is 7.74. The van der Waals surface area contributed by atoms with Crippen molar-refractivity contribution in [2.75, 3.05) is 13.2 Å². The van der Waals surface area contributed by atoms with Gasteiger partial charge in [0, 0.05) is 13.0 Å². The van der Waals surface area contributed by atoms with Crippen LogP contribution in [-0.2, 0) is 4.74 Å². The average molecular weight is 299 g/mol. The maximum Gasteiger partial charge on any atom is 0.128 e. The first kappa shape index (κ1) is 15.5. The Morgan fingerprint density at radius 1 is 1.05 bits per heavy atom. The zero-order valence-corrected chi connectivity index (χ0v) is 12.9. The number of hydrogen-bond donors (Lipinski definition) is 0. The van der Waals surface area contributed by atoms with Gasteiger partial charge >= 0.3 is 0 Å². The van der Waals surface area contributed by atoms with Gasteiger partial charge < -0.3 is 14.2 Å². The fourth-order valence-electron chi connectivity index (χ4n) is 2.12. The molecule has 3 nitrogen and oxygen atoms in total. The minimum absolute atomic E-state index is 0.00707. The number of benzene rings is 1. The molecule has 0 radical (unpaired) electrons. The first-order valence-electron chi connectivity index (χ1n) is 7.39. The van der Waals surface area contributed by atoms with Crippen LogP contribution in [0.15, 0.2) is 24.3 Å². The molecule has 0 amide bonds. The molecule has 0 aliphatic heterocycles. The van der Waals surface area contributed by atoms with Crippen LogP contribution in [-0.4, -0.2) is 30.8 Å². The van der Waals surface area contributed by atoms with E-state index >= 15 is 0 Å². The van der Waals surface area contributed by atoms with E-state index in [2.05, 4.69) is 13.8 Å². The van der Waals surface area contributed by atoms with Crippen LogP contribution in [0.1, 0.15) is 33.1 Å². The van der Waals surface area contributed by atoms with Crippen LogP contribution in [0.3, 0.4) is 0 Å². The van der Waals surface area contributed by atoms with E-state index in [0.29, 0.717) is 0 Å². The summed E-state index contributed by atoms with van der Waals surface area (Å²) in [6.07, 6.45) is 2.91. The lowest BCUT2D eigenvalue weighted by molar-refractivity contribution is -0.0797. The Labute approximate surface area is 126 Å². The molecular formula is C16H23ClO3. The second kappa shape index (κ2) is 7.75. The molecule has 1 aromatic carbocycles. The van der Waals surface area contributed by atoms with Gasteiger partial charge in [0.15, 0.2) is 0 Å². The van der Waals surface area contributed by atoms with E-state index in [-0.39, 0.29) is 17.6 Å². The van der Waals surface area contributed by atoms with Gasteiger partial charge in [-0.2, -0.15) is 0 Å². The van der Waals surface area contributed by atoms with Gasteiger partial charge in [0.05, 0.1) is 12.0 Å². The van der Waals surface area contributed by atoms with E-state index in [0.717, 1.165) is 44.0 Å². The molecule has 3 atom stereocenters. The maximum atomic E-state index is 6.17. The highest BCUT2D eigenvalue weighted by Crippen LogP contribution is 2.33. The van der Waals surface area contributed by atoms with E-state index in [1.165, 1.54) is 0 Å². The van der Waals surface area contributed by atoms with Crippen LogP contribution < -0.4 is 9.47 Å². The number of rotatable bonds is 8. The fraction of sp³-hybridized carbons (Fsp3) is 0.625. The molecular weight excluding hydrogens is 276 g/mol. The van der Waals surface area contributed by atoms with Gasteiger partial charge in [-0.15, -0.1) is 11.6 Å². The highest BCUT2D eigenvalue weighted by molar-refractivity contribution is 6.21. The predicted molar refractivity (Wildman–Crippen MR) is 80.9 cm³/mol. The molecule has 0 spiro atoms. The highest BCUT2D eigenvalue weighted by atomic mass is 35.5. The highest BCUT2D eigenvalue weighted by Gasteiger charge is 2.42. The van der Waals surface area contributed by atoms with Crippen molar-refractivity contribution in [2.45, 2.75) is 50.7 Å². The SMILES string of the molecule is CCCOc1ccc(OC2CC(Cl)C2OCCC)cc1. The van der Waals surface area contributed by atoms with Crippen LogP contribution >= 0.6 is 11.6 Å². The minimum Gasteiger partial charge on any atom is -0.494 e. The lowest BCUT2D eigenvalue weighted by Gasteiger charge is -2.40. The van der Waals surface area contributed by atoms with Crippen LogP contribution in [0.4, 0.5) is 0 Å². The lowest BCUT2D eigenvalue weighted by Crippen LogP contribution is -2.52. The van der Waals surface area contributed by atoms with Crippen molar-refractivity contribution in [1.82, 2.24) is 0 Å². The van der Waals surface area contributed by atoms with Crippen LogP contribution in [0.2, 0.25) is 0 Å². The van der Waals surface area contributed by atoms with Gasteiger partial charge in [-0.1, -0.05) is 13.8 Å². The Kier molecular flexibility index (Phi) is 5.99. The third kappa shape index (κ3) is 4.03. The molecule has 0 heterocycles. The summed E-state index contributed by atoms with van der Waals surface area (Å²) in [5.41, 5.74) is 0. The third-order valence-corrected chi connectivity index (χ3v) is 3.71. The standard InChI is InChI=1S/C16H23ClO3/c1-3-9-18-12-5-7-13(8-6-12)20-15-11-14(17)16(15)19-10-4-2/h5-8,14-16H,3-4,9-11H2,1-2H3. The second-order valence-corrected chi connectivity index (χ2v) is 5.62. The Morgan fingerprint density at radius 3 is 2.30 bits per heavy atom. The molecule has 1 aliphatic rings. The van der Waals surface area contributed by atoms with Gasteiger partial charge in [0.25, 0.3) is 0 Å². The van der Waals surface area contributed by atoms with Crippen molar-refractivity contribution < 1.29 is 14.2 Å². The first-order chi connectivity index (χ1) is 9.74. The summed E-state index contributed by atoms with van der Waals surface area (Å²) >= 11 is 6.17. The Balaban J connectivity index is 1.83. The van der Waals surface area contributed by atoms with Crippen molar-refractivity contribution in [3.05, 3.63) is 24.3 Å². The van der Waals surface area contributed by atoms with Gasteiger partial charge in [0.2, 0.25) is 0 Å². The van der Waals surface area contributed by atoms with E-state index in [9.17, 15) is 0 Å². The van der Waals surface area contributed by atoms with Crippen molar-refractivity contribution >= 4 is 11.6 Å². The van der Waals surface area contributed by atoms with Crippen LogP contribution in [0, 0.1) is 0 Å². The number of alkyl halides is 1. The van der Waals surface area contributed by atoms with Crippen molar-refractivity contribution in [3.63, 3.8) is 0 Å². The first-order valence-corrected chi connectivity index (χ1v) is 7.83. The second-order valence-electron chi connectivity index (χ2n) is 5.06. The quantitative estimate of drug-likeness (QED) is 0.678. The number of halogens is 1. The summed E-state index contributed by atoms with van der Waals surface area (Å²) in [5, 5.41) is 0.0683. The maximum absolute atomic E-state index is 6.17. The molecule has 1 aromatic rings. The van der Waals surface area contributed by atoms with E-state index in [4.69, 9.17) is 25.8 Å². The largest absolute Gasteiger partial charge is 0.494 e. The van der Waals surface area contributed by atoms with Gasteiger partial charge in [0.1, 0.15) is 23.7 Å². The van der Waals surface area contributed by atoms with E-state index in [1.54, 1.807) is 0 Å². The van der Waals surface area contributed by atoms with Crippen LogP contribution in [0.25, 0.3) is 0 Å². The van der Waals surface area contributed by atoms with Gasteiger partial charge in [-0.05, 0) is 37.1 Å². The predicted octanol–water partition coefficient (Wildman–Crippen LogP) is 4.03. The number of ether oxygens (including phenoxy) is 3. The molecule has 0 N–H and O–H groups in total. The normalized spacial score (nSPS) is 25.1. The smallest absolute Gasteiger partial charge is 0.128 e. The molecule has 0 saturated heterocycles. The fourth-order valence-corrected chi connectivity index (χ4v) is 2.53. The zero-order valence-electron chi connectivity index (χ0n) is 12.2. The molecule has 3 unspecified atom stereocenters. The molecule has 2 rings (SSSR count). The molecule has 4 heteroatoms. The van der Waals surface area contributed by atoms with E-state index in [1.807, 2.05) is 24.3 Å². The Bertz CT molecular complexity index is 393. The van der Waals surface area contributed by atoms with E-state index < -0.39 is 0 Å². The van der Waals surface area contributed by atoms with Crippen LogP contribution in [0.5, 0.6) is 11.5 Å². The Morgan fingerprint density at radius 2 is 1.70 bits per heavy atom. The summed E-state index contributed by atoms with van der Waals surface area (Å²) in [5.74, 6) is 1.72. The van der Waals surface area contributed by atoms with Crippen molar-refractivity contribution in [2.24, 2.45) is 0 Å². The summed E-state index contributed by atoms with van der Waals surface area (Å²) < 4.78 is 17.2. The topological polar surface area (TPSA) is 27.7 Å². The summed E-state index contributed by atoms with van der Waals surface area (Å²) in [7, 11) is 0. The number of hydrogen-bond acceptors (Lipinski definition) is 3. The summed E-state index contributed by atoms with van der Waals surface area (Å²) in [6.45, 7) is 5.65. The molecule has 0 bridgehead atoms. The molecule has 0 aromatic heterocycles. The van der Waals surface area contributed by atoms with Gasteiger partial charge in [-0.3, -0.25) is 0 Å².